The minimum Gasteiger partial charge on any atom is -0.480 e. The molecule has 1 N–H and O–H groups in total. The number of carbonyl (C=O) groups excluding carboxylic acids is 1. The fraction of sp³-hybridized carbons (Fsp3) is 0.529. The third-order valence-corrected chi connectivity index (χ3v) is 4.77. The van der Waals surface area contributed by atoms with Crippen LogP contribution in [-0.4, -0.2) is 34.5 Å². The third kappa shape index (κ3) is 2.80. The van der Waals surface area contributed by atoms with Gasteiger partial charge in [-0.15, -0.1) is 0 Å². The minimum absolute atomic E-state index is 0.0920. The first-order valence-corrected chi connectivity index (χ1v) is 7.35. The molecule has 0 aliphatic heterocycles. The highest BCUT2D eigenvalue weighted by Crippen LogP contribution is 2.32. The predicted molar refractivity (Wildman–Crippen MR) is 81.8 cm³/mol. The van der Waals surface area contributed by atoms with Crippen LogP contribution in [0, 0.1) is 34.6 Å². The van der Waals surface area contributed by atoms with Gasteiger partial charge in [0.15, 0.2) is 0 Å². The Morgan fingerprint density at radius 2 is 1.38 bits per heavy atom. The maximum Gasteiger partial charge on any atom is 0.323 e. The summed E-state index contributed by atoms with van der Waals surface area (Å²) < 4.78 is 0. The van der Waals surface area contributed by atoms with Crippen molar-refractivity contribution in [2.75, 3.05) is 6.54 Å². The number of amides is 1. The molecule has 1 aromatic carbocycles. The van der Waals surface area contributed by atoms with Gasteiger partial charge in [0.05, 0.1) is 0 Å². The molecule has 4 nitrogen and oxygen atoms in total. The smallest absolute Gasteiger partial charge is 0.323 e. The van der Waals surface area contributed by atoms with Crippen LogP contribution >= 0.6 is 0 Å². The van der Waals surface area contributed by atoms with Crippen LogP contribution in [0.4, 0.5) is 0 Å². The molecule has 0 aromatic heterocycles. The summed E-state index contributed by atoms with van der Waals surface area (Å²) in [5.74, 6) is -1.09. The van der Waals surface area contributed by atoms with E-state index in [1.54, 1.807) is 0 Å². The third-order valence-electron chi connectivity index (χ3n) is 4.77. The second-order valence-electron chi connectivity index (χ2n) is 6.06. The predicted octanol–water partition coefficient (Wildman–Crippen LogP) is 2.92. The van der Waals surface area contributed by atoms with Crippen molar-refractivity contribution in [3.05, 3.63) is 33.4 Å². The Morgan fingerprint density at radius 3 is 1.76 bits per heavy atom. The number of benzene rings is 1. The molecule has 4 heteroatoms. The molecule has 1 aliphatic carbocycles. The normalized spacial score (nSPS) is 14.1. The van der Waals surface area contributed by atoms with Crippen molar-refractivity contribution in [1.82, 2.24) is 4.90 Å². The van der Waals surface area contributed by atoms with Crippen LogP contribution in [0.15, 0.2) is 0 Å². The Bertz CT molecular complexity index is 586. The van der Waals surface area contributed by atoms with E-state index in [1.807, 2.05) is 27.7 Å². The Labute approximate surface area is 125 Å². The Balaban J connectivity index is 2.49. The highest BCUT2D eigenvalue weighted by molar-refractivity contribution is 5.99. The molecule has 2 rings (SSSR count). The largest absolute Gasteiger partial charge is 0.480 e. The Kier molecular flexibility index (Phi) is 4.08. The summed E-state index contributed by atoms with van der Waals surface area (Å²) in [5.41, 5.74) is 6.06. The topological polar surface area (TPSA) is 57.6 Å². The molecule has 1 amide bonds. The van der Waals surface area contributed by atoms with E-state index >= 15 is 0 Å². The SMILES string of the molecule is Cc1c(C)c(C)c(C(=O)N(CC(=O)O)C2CC2)c(C)c1C. The standard InChI is InChI=1S/C17H23NO3/c1-9-10(2)12(4)16(13(5)11(9)3)17(21)18(8-15(19)20)14-6-7-14/h14H,6-8H2,1-5H3,(H,19,20). The van der Waals surface area contributed by atoms with E-state index < -0.39 is 5.97 Å². The van der Waals surface area contributed by atoms with Crippen molar-refractivity contribution in [3.63, 3.8) is 0 Å². The van der Waals surface area contributed by atoms with E-state index in [0.717, 1.165) is 35.1 Å². The number of hydrogen-bond acceptors (Lipinski definition) is 2. The maximum atomic E-state index is 12.9. The first-order chi connectivity index (χ1) is 9.75. The molecule has 0 radical (unpaired) electrons. The zero-order valence-electron chi connectivity index (χ0n) is 13.4. The van der Waals surface area contributed by atoms with E-state index in [-0.39, 0.29) is 18.5 Å². The van der Waals surface area contributed by atoms with Gasteiger partial charge in [0.2, 0.25) is 0 Å². The summed E-state index contributed by atoms with van der Waals surface area (Å²) in [7, 11) is 0. The Hall–Kier alpha value is -1.84. The number of carbonyl (C=O) groups is 2. The van der Waals surface area contributed by atoms with Gasteiger partial charge in [-0.3, -0.25) is 9.59 Å². The van der Waals surface area contributed by atoms with Crippen LogP contribution in [0.1, 0.15) is 51.0 Å². The lowest BCUT2D eigenvalue weighted by Crippen LogP contribution is -2.38. The molecule has 0 atom stereocenters. The first-order valence-electron chi connectivity index (χ1n) is 7.35. The molecule has 0 heterocycles. The first kappa shape index (κ1) is 15.5. The lowest BCUT2D eigenvalue weighted by molar-refractivity contribution is -0.137. The van der Waals surface area contributed by atoms with Gasteiger partial charge in [0.25, 0.3) is 5.91 Å². The molecule has 1 fully saturated rings. The van der Waals surface area contributed by atoms with E-state index in [2.05, 4.69) is 6.92 Å². The summed E-state index contributed by atoms with van der Waals surface area (Å²) in [6.07, 6.45) is 1.81. The van der Waals surface area contributed by atoms with Crippen molar-refractivity contribution >= 4 is 11.9 Å². The molecule has 1 aliphatic rings. The number of aliphatic carboxylic acids is 1. The van der Waals surface area contributed by atoms with E-state index in [9.17, 15) is 9.59 Å². The summed E-state index contributed by atoms with van der Waals surface area (Å²) in [4.78, 5) is 25.4. The highest BCUT2D eigenvalue weighted by atomic mass is 16.4. The average molecular weight is 289 g/mol. The van der Waals surface area contributed by atoms with Crippen LogP contribution in [-0.2, 0) is 4.79 Å². The fourth-order valence-corrected chi connectivity index (χ4v) is 2.86. The summed E-state index contributed by atoms with van der Waals surface area (Å²) in [6.45, 7) is 9.80. The van der Waals surface area contributed by atoms with Gasteiger partial charge in [-0.25, -0.2) is 0 Å². The molecule has 1 aromatic rings. The van der Waals surface area contributed by atoms with Crippen LogP contribution in [0.5, 0.6) is 0 Å². The molecular weight excluding hydrogens is 266 g/mol. The van der Waals surface area contributed by atoms with Gasteiger partial charge in [-0.1, -0.05) is 0 Å². The zero-order valence-corrected chi connectivity index (χ0v) is 13.4. The summed E-state index contributed by atoms with van der Waals surface area (Å²) >= 11 is 0. The second kappa shape index (κ2) is 5.51. The molecule has 1 saturated carbocycles. The van der Waals surface area contributed by atoms with Gasteiger partial charge >= 0.3 is 5.97 Å². The van der Waals surface area contributed by atoms with Crippen LogP contribution in [0.2, 0.25) is 0 Å². The molecule has 0 unspecified atom stereocenters. The minimum atomic E-state index is -0.953. The van der Waals surface area contributed by atoms with Gasteiger partial charge < -0.3 is 10.0 Å². The molecule has 0 bridgehead atoms. The van der Waals surface area contributed by atoms with Crippen LogP contribution in [0.3, 0.4) is 0 Å². The number of nitrogens with zero attached hydrogens (tertiary/aromatic N) is 1. The van der Waals surface area contributed by atoms with Crippen molar-refractivity contribution in [2.24, 2.45) is 0 Å². The van der Waals surface area contributed by atoms with Crippen molar-refractivity contribution in [1.29, 1.82) is 0 Å². The number of hydrogen-bond donors (Lipinski definition) is 1. The molecule has 114 valence electrons. The van der Waals surface area contributed by atoms with Gasteiger partial charge in [-0.05, 0) is 75.3 Å². The second-order valence-corrected chi connectivity index (χ2v) is 6.06. The van der Waals surface area contributed by atoms with Gasteiger partial charge in [0, 0.05) is 11.6 Å². The summed E-state index contributed by atoms with van der Waals surface area (Å²) in [5, 5.41) is 9.05. The average Bonchev–Trinajstić information content (AvgIpc) is 3.24. The molecule has 0 spiro atoms. The molecule has 0 saturated heterocycles. The Morgan fingerprint density at radius 1 is 0.952 bits per heavy atom. The van der Waals surface area contributed by atoms with Crippen molar-refractivity contribution in [2.45, 2.75) is 53.5 Å². The monoisotopic (exact) mass is 289 g/mol. The van der Waals surface area contributed by atoms with Crippen molar-refractivity contribution in [3.8, 4) is 0 Å². The van der Waals surface area contributed by atoms with E-state index in [1.165, 1.54) is 10.5 Å². The number of rotatable bonds is 4. The quantitative estimate of drug-likeness (QED) is 0.927. The fourth-order valence-electron chi connectivity index (χ4n) is 2.86. The van der Waals surface area contributed by atoms with Crippen LogP contribution in [0.25, 0.3) is 0 Å². The maximum absolute atomic E-state index is 12.9. The number of carboxylic acid groups (broad SMARTS) is 1. The van der Waals surface area contributed by atoms with E-state index in [4.69, 9.17) is 5.11 Å². The van der Waals surface area contributed by atoms with Crippen molar-refractivity contribution < 1.29 is 14.7 Å². The summed E-state index contributed by atoms with van der Waals surface area (Å²) in [6, 6.07) is 0.0920. The van der Waals surface area contributed by atoms with Crippen LogP contribution < -0.4 is 0 Å². The zero-order chi connectivity index (χ0) is 15.9. The highest BCUT2D eigenvalue weighted by Gasteiger charge is 2.35. The number of carboxylic acids is 1. The molecular formula is C17H23NO3. The van der Waals surface area contributed by atoms with Gasteiger partial charge in [-0.2, -0.15) is 0 Å². The lowest BCUT2D eigenvalue weighted by Gasteiger charge is -2.25. The molecule has 21 heavy (non-hydrogen) atoms. The van der Waals surface area contributed by atoms with E-state index in [0.29, 0.717) is 5.56 Å². The van der Waals surface area contributed by atoms with Gasteiger partial charge in [0.1, 0.15) is 6.54 Å². The lowest BCUT2D eigenvalue weighted by atomic mass is 9.89.